The number of hydrogen-bond acceptors (Lipinski definition) is 3. The first kappa shape index (κ1) is 13.2. The van der Waals surface area contributed by atoms with Crippen LogP contribution >= 0.6 is 0 Å². The van der Waals surface area contributed by atoms with Gasteiger partial charge in [-0.3, -0.25) is 10.00 Å². The Hall–Kier alpha value is -1.81. The summed E-state index contributed by atoms with van der Waals surface area (Å²) in [6.07, 6.45) is 5.60. The van der Waals surface area contributed by atoms with Crippen molar-refractivity contribution in [2.45, 2.75) is 31.8 Å². The molecule has 1 fully saturated rings. The fourth-order valence-corrected chi connectivity index (χ4v) is 2.99. The highest BCUT2D eigenvalue weighted by molar-refractivity contribution is 5.28. The first-order chi connectivity index (χ1) is 9.86. The van der Waals surface area contributed by atoms with E-state index in [0.29, 0.717) is 6.04 Å². The van der Waals surface area contributed by atoms with Crippen LogP contribution in [0.2, 0.25) is 0 Å². The molecule has 3 rings (SSSR count). The summed E-state index contributed by atoms with van der Waals surface area (Å²) in [5.41, 5.74) is 2.53. The maximum atomic E-state index is 5.31. The van der Waals surface area contributed by atoms with Crippen LogP contribution in [-0.2, 0) is 6.54 Å². The number of aromatic nitrogens is 2. The number of methoxy groups -OCH3 is 1. The van der Waals surface area contributed by atoms with Crippen molar-refractivity contribution in [2.24, 2.45) is 0 Å². The first-order valence-electron chi connectivity index (χ1n) is 7.23. The monoisotopic (exact) mass is 271 g/mol. The summed E-state index contributed by atoms with van der Waals surface area (Å²) in [6.45, 7) is 2.10. The molecule has 1 aliphatic rings. The Labute approximate surface area is 119 Å². The molecular formula is C16H21N3O. The maximum Gasteiger partial charge on any atom is 0.119 e. The number of hydrogen-bond donors (Lipinski definition) is 1. The van der Waals surface area contributed by atoms with Crippen molar-refractivity contribution in [3.05, 3.63) is 47.8 Å². The highest BCUT2D eigenvalue weighted by Gasteiger charge is 2.24. The molecule has 0 aliphatic carbocycles. The molecule has 4 heteroatoms. The Morgan fingerprint density at radius 1 is 1.35 bits per heavy atom. The summed E-state index contributed by atoms with van der Waals surface area (Å²) in [7, 11) is 1.72. The second-order valence-electron chi connectivity index (χ2n) is 5.35. The van der Waals surface area contributed by atoms with Crippen LogP contribution in [0.4, 0.5) is 0 Å². The van der Waals surface area contributed by atoms with Gasteiger partial charge in [-0.1, -0.05) is 18.6 Å². The Bertz CT molecular complexity index is 538. The van der Waals surface area contributed by atoms with E-state index in [-0.39, 0.29) is 0 Å². The Balaban J connectivity index is 1.76. The van der Waals surface area contributed by atoms with Crippen LogP contribution in [0.1, 0.15) is 36.6 Å². The number of nitrogens with zero attached hydrogens (tertiary/aromatic N) is 2. The SMILES string of the molecule is COc1cccc(CN2CCCC[C@H]2c2ccn[nH]2)c1. The van der Waals surface area contributed by atoms with E-state index in [1.54, 1.807) is 7.11 Å². The number of benzene rings is 1. The minimum absolute atomic E-state index is 0.456. The Kier molecular flexibility index (Phi) is 4.02. The molecule has 1 saturated heterocycles. The van der Waals surface area contributed by atoms with Gasteiger partial charge in [-0.15, -0.1) is 0 Å². The molecule has 4 nitrogen and oxygen atoms in total. The van der Waals surface area contributed by atoms with Crippen molar-refractivity contribution >= 4 is 0 Å². The molecule has 1 N–H and O–H groups in total. The van der Waals surface area contributed by atoms with Crippen LogP contribution in [-0.4, -0.2) is 28.8 Å². The van der Waals surface area contributed by atoms with E-state index in [2.05, 4.69) is 39.4 Å². The predicted octanol–water partition coefficient (Wildman–Crippen LogP) is 3.15. The van der Waals surface area contributed by atoms with Crippen LogP contribution in [0.5, 0.6) is 5.75 Å². The maximum absolute atomic E-state index is 5.31. The van der Waals surface area contributed by atoms with Crippen LogP contribution in [0, 0.1) is 0 Å². The zero-order valence-electron chi connectivity index (χ0n) is 11.9. The fraction of sp³-hybridized carbons (Fsp3) is 0.438. The van der Waals surface area contributed by atoms with Crippen molar-refractivity contribution in [1.29, 1.82) is 0 Å². The standard InChI is InChI=1S/C16H21N3O/c1-20-14-6-4-5-13(11-14)12-19-10-3-2-7-16(19)15-8-9-17-18-15/h4-6,8-9,11,16H,2-3,7,10,12H2,1H3,(H,17,18)/t16-/m0/s1. The van der Waals surface area contributed by atoms with Crippen molar-refractivity contribution in [3.8, 4) is 5.75 Å². The molecule has 1 aliphatic heterocycles. The van der Waals surface area contributed by atoms with Gasteiger partial charge in [0, 0.05) is 12.7 Å². The third-order valence-corrected chi connectivity index (χ3v) is 4.01. The summed E-state index contributed by atoms with van der Waals surface area (Å²) < 4.78 is 5.31. The van der Waals surface area contributed by atoms with Gasteiger partial charge in [0.25, 0.3) is 0 Å². The molecule has 0 bridgehead atoms. The molecule has 2 aromatic rings. The van der Waals surface area contributed by atoms with E-state index in [0.717, 1.165) is 18.8 Å². The topological polar surface area (TPSA) is 41.1 Å². The average molecular weight is 271 g/mol. The molecule has 106 valence electrons. The molecule has 0 amide bonds. The molecule has 0 saturated carbocycles. The number of rotatable bonds is 4. The Morgan fingerprint density at radius 2 is 2.30 bits per heavy atom. The lowest BCUT2D eigenvalue weighted by molar-refractivity contribution is 0.137. The molecule has 2 heterocycles. The van der Waals surface area contributed by atoms with Gasteiger partial charge in [-0.2, -0.15) is 5.10 Å². The first-order valence-corrected chi connectivity index (χ1v) is 7.23. The highest BCUT2D eigenvalue weighted by Crippen LogP contribution is 2.31. The van der Waals surface area contributed by atoms with Crippen LogP contribution in [0.25, 0.3) is 0 Å². The van der Waals surface area contributed by atoms with E-state index in [9.17, 15) is 0 Å². The lowest BCUT2D eigenvalue weighted by atomic mass is 9.98. The lowest BCUT2D eigenvalue weighted by Crippen LogP contribution is -2.33. The third kappa shape index (κ3) is 2.85. The normalized spacial score (nSPS) is 19.9. The number of ether oxygens (including phenoxy) is 1. The number of aromatic amines is 1. The van der Waals surface area contributed by atoms with E-state index in [1.165, 1.54) is 30.5 Å². The number of piperidine rings is 1. The molecule has 0 radical (unpaired) electrons. The zero-order valence-corrected chi connectivity index (χ0v) is 11.9. The third-order valence-electron chi connectivity index (χ3n) is 4.01. The predicted molar refractivity (Wildman–Crippen MR) is 78.6 cm³/mol. The smallest absolute Gasteiger partial charge is 0.119 e. The van der Waals surface area contributed by atoms with Crippen molar-refractivity contribution in [3.63, 3.8) is 0 Å². The van der Waals surface area contributed by atoms with Crippen molar-refractivity contribution in [1.82, 2.24) is 15.1 Å². The van der Waals surface area contributed by atoms with Gasteiger partial charge in [0.15, 0.2) is 0 Å². The molecule has 0 unspecified atom stereocenters. The number of likely N-dealkylation sites (tertiary alicyclic amines) is 1. The van der Waals surface area contributed by atoms with Crippen molar-refractivity contribution < 1.29 is 4.74 Å². The van der Waals surface area contributed by atoms with Gasteiger partial charge in [0.1, 0.15) is 5.75 Å². The minimum atomic E-state index is 0.456. The summed E-state index contributed by atoms with van der Waals surface area (Å²) in [5.74, 6) is 0.928. The van der Waals surface area contributed by atoms with E-state index >= 15 is 0 Å². The van der Waals surface area contributed by atoms with E-state index in [1.807, 2.05) is 12.3 Å². The van der Waals surface area contributed by atoms with Crippen molar-refractivity contribution in [2.75, 3.05) is 13.7 Å². The van der Waals surface area contributed by atoms with Crippen LogP contribution < -0.4 is 4.74 Å². The summed E-state index contributed by atoms with van der Waals surface area (Å²) in [6, 6.07) is 10.9. The van der Waals surface area contributed by atoms with Gasteiger partial charge in [-0.05, 0) is 43.1 Å². The number of H-pyrrole nitrogens is 1. The largest absolute Gasteiger partial charge is 0.497 e. The fourth-order valence-electron chi connectivity index (χ4n) is 2.99. The molecular weight excluding hydrogens is 250 g/mol. The van der Waals surface area contributed by atoms with Gasteiger partial charge < -0.3 is 4.74 Å². The molecule has 0 spiro atoms. The van der Waals surface area contributed by atoms with Crippen LogP contribution in [0.3, 0.4) is 0 Å². The average Bonchev–Trinajstić information content (AvgIpc) is 3.02. The number of nitrogens with one attached hydrogen (secondary N) is 1. The van der Waals surface area contributed by atoms with Gasteiger partial charge in [-0.25, -0.2) is 0 Å². The zero-order chi connectivity index (χ0) is 13.8. The van der Waals surface area contributed by atoms with Gasteiger partial charge in [0.05, 0.1) is 18.8 Å². The minimum Gasteiger partial charge on any atom is -0.497 e. The van der Waals surface area contributed by atoms with Gasteiger partial charge in [0.2, 0.25) is 0 Å². The lowest BCUT2D eigenvalue weighted by Gasteiger charge is -2.35. The van der Waals surface area contributed by atoms with Crippen LogP contribution in [0.15, 0.2) is 36.5 Å². The highest BCUT2D eigenvalue weighted by atomic mass is 16.5. The molecule has 20 heavy (non-hydrogen) atoms. The quantitative estimate of drug-likeness (QED) is 0.928. The molecule has 1 aromatic carbocycles. The second-order valence-corrected chi connectivity index (χ2v) is 5.35. The summed E-state index contributed by atoms with van der Waals surface area (Å²) in [5, 5.41) is 7.22. The van der Waals surface area contributed by atoms with E-state index in [4.69, 9.17) is 4.74 Å². The summed E-state index contributed by atoms with van der Waals surface area (Å²) >= 11 is 0. The molecule has 1 atom stereocenters. The molecule has 1 aromatic heterocycles. The summed E-state index contributed by atoms with van der Waals surface area (Å²) in [4.78, 5) is 2.53. The van der Waals surface area contributed by atoms with E-state index < -0.39 is 0 Å². The Morgan fingerprint density at radius 3 is 3.10 bits per heavy atom. The van der Waals surface area contributed by atoms with Gasteiger partial charge >= 0.3 is 0 Å². The second kappa shape index (κ2) is 6.09.